The average molecular weight is 405 g/mol. The Morgan fingerprint density at radius 1 is 1.13 bits per heavy atom. The zero-order chi connectivity index (χ0) is 20.9. The third kappa shape index (κ3) is 4.72. The van der Waals surface area contributed by atoms with Crippen molar-refractivity contribution < 1.29 is 4.79 Å². The quantitative estimate of drug-likeness (QED) is 0.464. The Balaban J connectivity index is 1.56. The highest BCUT2D eigenvalue weighted by Gasteiger charge is 2.26. The first-order chi connectivity index (χ1) is 14.7. The smallest absolute Gasteiger partial charge is 0.254 e. The highest BCUT2D eigenvalue weighted by molar-refractivity contribution is 5.94. The lowest BCUT2D eigenvalue weighted by molar-refractivity contribution is 0.0737. The number of hydrogen-bond acceptors (Lipinski definition) is 3. The van der Waals surface area contributed by atoms with Crippen LogP contribution in [0.1, 0.15) is 67.7 Å². The second-order valence-corrected chi connectivity index (χ2v) is 8.46. The van der Waals surface area contributed by atoms with Crippen LogP contribution in [0.25, 0.3) is 11.2 Å². The number of carbonyl (C=O) groups excluding carboxylic acids is 1. The third-order valence-electron chi connectivity index (χ3n) is 5.85. The van der Waals surface area contributed by atoms with Crippen molar-refractivity contribution in [1.82, 2.24) is 19.4 Å². The van der Waals surface area contributed by atoms with Crippen molar-refractivity contribution >= 4 is 17.1 Å². The maximum absolute atomic E-state index is 13.3. The van der Waals surface area contributed by atoms with E-state index in [2.05, 4.69) is 35.5 Å². The molecule has 1 saturated carbocycles. The normalized spacial score (nSPS) is 13.7. The Hall–Kier alpha value is -2.69. The lowest BCUT2D eigenvalue weighted by Gasteiger charge is -2.22. The topological polar surface area (TPSA) is 51.0 Å². The zero-order valence-corrected chi connectivity index (χ0v) is 18.2. The first-order valence-corrected chi connectivity index (χ1v) is 11.4. The number of hydrogen-bond donors (Lipinski definition) is 0. The van der Waals surface area contributed by atoms with E-state index < -0.39 is 0 Å². The molecule has 158 valence electrons. The van der Waals surface area contributed by atoms with Crippen LogP contribution in [0.3, 0.4) is 0 Å². The summed E-state index contributed by atoms with van der Waals surface area (Å²) in [6.07, 6.45) is 8.72. The predicted octanol–water partition coefficient (Wildman–Crippen LogP) is 5.24. The number of fused-ring (bicyclic) bond motifs is 1. The predicted molar refractivity (Wildman–Crippen MR) is 120 cm³/mol. The van der Waals surface area contributed by atoms with Gasteiger partial charge in [0.2, 0.25) is 0 Å². The SMILES string of the molecule is CCCCc1ccc(C(=O)N(CCC)Cc2nc3cccnc3n2CC2CC2)cc1. The van der Waals surface area contributed by atoms with E-state index in [1.165, 1.54) is 31.2 Å². The summed E-state index contributed by atoms with van der Waals surface area (Å²) in [5, 5.41) is 0. The molecule has 2 aromatic heterocycles. The molecule has 4 rings (SSSR count). The van der Waals surface area contributed by atoms with Crippen molar-refractivity contribution in [2.45, 2.75) is 65.5 Å². The van der Waals surface area contributed by atoms with Crippen molar-refractivity contribution in [3.8, 4) is 0 Å². The van der Waals surface area contributed by atoms with E-state index in [0.29, 0.717) is 12.5 Å². The number of aryl methyl sites for hydroxylation is 1. The van der Waals surface area contributed by atoms with Gasteiger partial charge in [-0.25, -0.2) is 9.97 Å². The molecule has 1 fully saturated rings. The molecule has 0 atom stereocenters. The van der Waals surface area contributed by atoms with Crippen LogP contribution in [-0.4, -0.2) is 31.9 Å². The summed E-state index contributed by atoms with van der Waals surface area (Å²) in [7, 11) is 0. The van der Waals surface area contributed by atoms with E-state index in [1.54, 1.807) is 0 Å². The van der Waals surface area contributed by atoms with Crippen molar-refractivity contribution in [3.05, 3.63) is 59.5 Å². The molecule has 0 bridgehead atoms. The van der Waals surface area contributed by atoms with Crippen LogP contribution in [-0.2, 0) is 19.5 Å². The Labute approximate surface area is 179 Å². The Morgan fingerprint density at radius 2 is 1.93 bits per heavy atom. The fourth-order valence-electron chi connectivity index (χ4n) is 3.95. The second-order valence-electron chi connectivity index (χ2n) is 8.46. The maximum Gasteiger partial charge on any atom is 0.254 e. The molecule has 0 unspecified atom stereocenters. The van der Waals surface area contributed by atoms with E-state index in [0.717, 1.165) is 48.5 Å². The number of nitrogens with zero attached hydrogens (tertiary/aromatic N) is 4. The molecule has 0 spiro atoms. The van der Waals surface area contributed by atoms with Crippen LogP contribution in [0.5, 0.6) is 0 Å². The monoisotopic (exact) mass is 404 g/mol. The highest BCUT2D eigenvalue weighted by Crippen LogP contribution is 2.32. The van der Waals surface area contributed by atoms with Gasteiger partial charge in [-0.05, 0) is 67.9 Å². The molecule has 0 saturated heterocycles. The largest absolute Gasteiger partial charge is 0.331 e. The fourth-order valence-corrected chi connectivity index (χ4v) is 3.95. The van der Waals surface area contributed by atoms with E-state index in [1.807, 2.05) is 35.4 Å². The first kappa shape index (κ1) is 20.6. The molecular weight excluding hydrogens is 372 g/mol. The summed E-state index contributed by atoms with van der Waals surface area (Å²) in [5.41, 5.74) is 3.90. The summed E-state index contributed by atoms with van der Waals surface area (Å²) in [6, 6.07) is 12.1. The van der Waals surface area contributed by atoms with Gasteiger partial charge in [0, 0.05) is 24.8 Å². The number of pyridine rings is 1. The van der Waals surface area contributed by atoms with Gasteiger partial charge < -0.3 is 9.47 Å². The molecule has 3 aromatic rings. The van der Waals surface area contributed by atoms with Gasteiger partial charge in [0.1, 0.15) is 11.3 Å². The van der Waals surface area contributed by atoms with Gasteiger partial charge in [0.05, 0.1) is 6.54 Å². The Kier molecular flexibility index (Phi) is 6.46. The molecule has 5 nitrogen and oxygen atoms in total. The van der Waals surface area contributed by atoms with Crippen LogP contribution >= 0.6 is 0 Å². The van der Waals surface area contributed by atoms with E-state index in [-0.39, 0.29) is 5.91 Å². The van der Waals surface area contributed by atoms with Gasteiger partial charge in [-0.2, -0.15) is 0 Å². The number of rotatable bonds is 10. The molecule has 30 heavy (non-hydrogen) atoms. The van der Waals surface area contributed by atoms with Gasteiger partial charge >= 0.3 is 0 Å². The van der Waals surface area contributed by atoms with Gasteiger partial charge in [-0.15, -0.1) is 0 Å². The van der Waals surface area contributed by atoms with Gasteiger partial charge in [-0.3, -0.25) is 4.79 Å². The van der Waals surface area contributed by atoms with Gasteiger partial charge in [0.15, 0.2) is 5.65 Å². The number of unbranched alkanes of at least 4 members (excludes halogenated alkanes) is 1. The summed E-state index contributed by atoms with van der Waals surface area (Å²) in [4.78, 5) is 24.7. The number of benzene rings is 1. The molecular formula is C25H32N4O. The fraction of sp³-hybridized carbons (Fsp3) is 0.480. The molecule has 1 aliphatic rings. The first-order valence-electron chi connectivity index (χ1n) is 11.4. The molecule has 0 N–H and O–H groups in total. The minimum absolute atomic E-state index is 0.0804. The number of imidazole rings is 1. The lowest BCUT2D eigenvalue weighted by atomic mass is 10.1. The zero-order valence-electron chi connectivity index (χ0n) is 18.2. The van der Waals surface area contributed by atoms with Crippen LogP contribution in [0.4, 0.5) is 0 Å². The summed E-state index contributed by atoms with van der Waals surface area (Å²) in [6.45, 7) is 6.50. The van der Waals surface area contributed by atoms with Crippen LogP contribution in [0.2, 0.25) is 0 Å². The van der Waals surface area contributed by atoms with Crippen LogP contribution in [0.15, 0.2) is 42.6 Å². The maximum atomic E-state index is 13.3. The average Bonchev–Trinajstić information content (AvgIpc) is 3.53. The molecule has 5 heteroatoms. The molecule has 1 amide bonds. The van der Waals surface area contributed by atoms with E-state index in [4.69, 9.17) is 4.98 Å². The Bertz CT molecular complexity index is 988. The minimum Gasteiger partial charge on any atom is -0.331 e. The van der Waals surface area contributed by atoms with Gasteiger partial charge in [0.25, 0.3) is 5.91 Å². The molecule has 2 heterocycles. The highest BCUT2D eigenvalue weighted by atomic mass is 16.2. The number of aromatic nitrogens is 3. The molecule has 0 aliphatic heterocycles. The van der Waals surface area contributed by atoms with Crippen LogP contribution in [0, 0.1) is 5.92 Å². The molecule has 1 aliphatic carbocycles. The van der Waals surface area contributed by atoms with Crippen molar-refractivity contribution in [2.75, 3.05) is 6.54 Å². The van der Waals surface area contributed by atoms with Crippen molar-refractivity contribution in [2.24, 2.45) is 5.92 Å². The summed E-state index contributed by atoms with van der Waals surface area (Å²) < 4.78 is 2.23. The third-order valence-corrected chi connectivity index (χ3v) is 5.85. The molecule has 1 aromatic carbocycles. The van der Waals surface area contributed by atoms with Crippen molar-refractivity contribution in [3.63, 3.8) is 0 Å². The Morgan fingerprint density at radius 3 is 2.63 bits per heavy atom. The summed E-state index contributed by atoms with van der Waals surface area (Å²) >= 11 is 0. The minimum atomic E-state index is 0.0804. The number of carbonyl (C=O) groups is 1. The van der Waals surface area contributed by atoms with Gasteiger partial charge in [-0.1, -0.05) is 32.4 Å². The van der Waals surface area contributed by atoms with E-state index >= 15 is 0 Å². The lowest BCUT2D eigenvalue weighted by Crippen LogP contribution is -2.32. The number of amides is 1. The summed E-state index contributed by atoms with van der Waals surface area (Å²) in [5.74, 6) is 1.74. The van der Waals surface area contributed by atoms with E-state index in [9.17, 15) is 4.79 Å². The van der Waals surface area contributed by atoms with Crippen LogP contribution < -0.4 is 0 Å². The van der Waals surface area contributed by atoms with Crippen molar-refractivity contribution in [1.29, 1.82) is 0 Å². The molecule has 0 radical (unpaired) electrons. The standard InChI is InChI=1S/C25H32N4O/c1-3-5-7-19-11-13-21(14-12-19)25(30)28(16-4-2)18-23-27-22-8-6-15-26-24(22)29(23)17-20-9-10-20/h6,8,11-15,20H,3-5,7,9-10,16-18H2,1-2H3. The second kappa shape index (κ2) is 9.41.